The number of hydrogen-bond donors (Lipinski definition) is 0. The standard InChI is InChI=1S/C18H20N4O2S/c23-17-9-13(10-21(17)11-14-3-1-2-6-19-14)18(24)22(15-4-5-15)12-16-20-7-8-25-16/h1-3,6-8,13,15H,4-5,9-12H2/t13-/m0/s1. The number of thiazole rings is 1. The van der Waals surface area contributed by atoms with Crippen molar-refractivity contribution in [2.75, 3.05) is 6.54 Å². The van der Waals surface area contributed by atoms with E-state index in [1.165, 1.54) is 0 Å². The first-order chi connectivity index (χ1) is 12.2. The molecule has 4 rings (SSSR count). The summed E-state index contributed by atoms with van der Waals surface area (Å²) in [6.07, 6.45) is 5.89. The van der Waals surface area contributed by atoms with Crippen molar-refractivity contribution in [3.8, 4) is 0 Å². The van der Waals surface area contributed by atoms with Gasteiger partial charge in [-0.3, -0.25) is 14.6 Å². The van der Waals surface area contributed by atoms with Gasteiger partial charge in [-0.25, -0.2) is 4.98 Å². The highest BCUT2D eigenvalue weighted by atomic mass is 32.1. The number of nitrogens with zero attached hydrogens (tertiary/aromatic N) is 4. The van der Waals surface area contributed by atoms with Gasteiger partial charge >= 0.3 is 0 Å². The largest absolute Gasteiger partial charge is 0.336 e. The Morgan fingerprint density at radius 2 is 2.16 bits per heavy atom. The van der Waals surface area contributed by atoms with E-state index in [-0.39, 0.29) is 17.7 Å². The maximum absolute atomic E-state index is 13.0. The Morgan fingerprint density at radius 3 is 2.84 bits per heavy atom. The lowest BCUT2D eigenvalue weighted by molar-refractivity contribution is -0.137. The topological polar surface area (TPSA) is 66.4 Å². The van der Waals surface area contributed by atoms with Gasteiger partial charge in [-0.1, -0.05) is 6.07 Å². The van der Waals surface area contributed by atoms with Crippen molar-refractivity contribution in [3.05, 3.63) is 46.7 Å². The summed E-state index contributed by atoms with van der Waals surface area (Å²) in [6.45, 7) is 1.51. The van der Waals surface area contributed by atoms with Crippen LogP contribution in [0.2, 0.25) is 0 Å². The molecule has 0 N–H and O–H groups in total. The minimum atomic E-state index is -0.253. The Kier molecular flexibility index (Phi) is 4.48. The fraction of sp³-hybridized carbons (Fsp3) is 0.444. The smallest absolute Gasteiger partial charge is 0.228 e. The van der Waals surface area contributed by atoms with Crippen LogP contribution in [0.15, 0.2) is 36.0 Å². The molecule has 0 bridgehead atoms. The second-order valence-corrected chi connectivity index (χ2v) is 7.60. The lowest BCUT2D eigenvalue weighted by Crippen LogP contribution is -2.38. The van der Waals surface area contributed by atoms with Gasteiger partial charge in [-0.05, 0) is 25.0 Å². The molecule has 130 valence electrons. The first kappa shape index (κ1) is 16.2. The summed E-state index contributed by atoms with van der Waals surface area (Å²) in [7, 11) is 0. The van der Waals surface area contributed by atoms with Crippen molar-refractivity contribution < 1.29 is 9.59 Å². The van der Waals surface area contributed by atoms with Crippen LogP contribution in [0.4, 0.5) is 0 Å². The third-order valence-corrected chi connectivity index (χ3v) is 5.47. The molecule has 3 heterocycles. The van der Waals surface area contributed by atoms with Crippen LogP contribution in [0, 0.1) is 5.92 Å². The molecule has 1 saturated carbocycles. The molecule has 2 aromatic rings. The van der Waals surface area contributed by atoms with Crippen LogP contribution in [0.5, 0.6) is 0 Å². The van der Waals surface area contributed by atoms with Gasteiger partial charge in [0.15, 0.2) is 0 Å². The lowest BCUT2D eigenvalue weighted by atomic mass is 10.1. The SMILES string of the molecule is O=C1C[C@H](C(=O)N(Cc2nccs2)C2CC2)CN1Cc1ccccn1. The molecule has 1 atom stereocenters. The van der Waals surface area contributed by atoms with E-state index in [0.717, 1.165) is 23.5 Å². The van der Waals surface area contributed by atoms with Gasteiger partial charge in [0, 0.05) is 36.8 Å². The Labute approximate surface area is 150 Å². The van der Waals surface area contributed by atoms with Crippen LogP contribution >= 0.6 is 11.3 Å². The quantitative estimate of drug-likeness (QED) is 0.795. The third kappa shape index (κ3) is 3.71. The van der Waals surface area contributed by atoms with E-state index in [4.69, 9.17) is 0 Å². The number of likely N-dealkylation sites (tertiary alicyclic amines) is 1. The second-order valence-electron chi connectivity index (χ2n) is 6.62. The van der Waals surface area contributed by atoms with Crippen molar-refractivity contribution in [1.82, 2.24) is 19.8 Å². The van der Waals surface area contributed by atoms with E-state index in [1.807, 2.05) is 28.5 Å². The Bertz CT molecular complexity index is 746. The molecule has 25 heavy (non-hydrogen) atoms. The molecular weight excluding hydrogens is 336 g/mol. The van der Waals surface area contributed by atoms with Crippen molar-refractivity contribution in [1.29, 1.82) is 0 Å². The summed E-state index contributed by atoms with van der Waals surface area (Å²) in [5, 5.41) is 2.88. The molecule has 0 unspecified atom stereocenters. The first-order valence-electron chi connectivity index (χ1n) is 8.57. The van der Waals surface area contributed by atoms with Gasteiger partial charge in [0.2, 0.25) is 11.8 Å². The molecule has 1 saturated heterocycles. The van der Waals surface area contributed by atoms with Crippen LogP contribution in [0.25, 0.3) is 0 Å². The summed E-state index contributed by atoms with van der Waals surface area (Å²) in [5.74, 6) is -0.125. The molecule has 7 heteroatoms. The number of aromatic nitrogens is 2. The zero-order valence-corrected chi connectivity index (χ0v) is 14.7. The van der Waals surface area contributed by atoms with Gasteiger partial charge in [0.1, 0.15) is 5.01 Å². The van der Waals surface area contributed by atoms with Gasteiger partial charge in [-0.15, -0.1) is 11.3 Å². The molecule has 6 nitrogen and oxygen atoms in total. The predicted molar refractivity (Wildman–Crippen MR) is 93.4 cm³/mol. The fourth-order valence-electron chi connectivity index (χ4n) is 3.26. The van der Waals surface area contributed by atoms with E-state index in [2.05, 4.69) is 9.97 Å². The number of rotatable bonds is 6. The van der Waals surface area contributed by atoms with Gasteiger partial charge in [0.05, 0.1) is 24.7 Å². The molecular formula is C18H20N4O2S. The molecule has 2 aliphatic rings. The normalized spacial score (nSPS) is 20.1. The minimum Gasteiger partial charge on any atom is -0.336 e. The number of hydrogen-bond acceptors (Lipinski definition) is 5. The number of carbonyl (C=O) groups excluding carboxylic acids is 2. The van der Waals surface area contributed by atoms with Crippen LogP contribution in [-0.2, 0) is 22.7 Å². The number of amides is 2. The molecule has 2 fully saturated rings. The Balaban J connectivity index is 1.42. The summed E-state index contributed by atoms with van der Waals surface area (Å²) in [6, 6.07) is 5.99. The monoisotopic (exact) mass is 356 g/mol. The van der Waals surface area contributed by atoms with E-state index in [9.17, 15) is 9.59 Å². The van der Waals surface area contributed by atoms with Gasteiger partial charge in [-0.2, -0.15) is 0 Å². The summed E-state index contributed by atoms with van der Waals surface area (Å²) in [4.78, 5) is 37.6. The molecule has 1 aliphatic heterocycles. The first-order valence-corrected chi connectivity index (χ1v) is 9.45. The van der Waals surface area contributed by atoms with Crippen LogP contribution in [-0.4, -0.2) is 44.2 Å². The minimum absolute atomic E-state index is 0.0361. The lowest BCUT2D eigenvalue weighted by Gasteiger charge is -2.24. The predicted octanol–water partition coefficient (Wildman–Crippen LogP) is 2.08. The molecule has 0 spiro atoms. The zero-order chi connectivity index (χ0) is 17.2. The van der Waals surface area contributed by atoms with Crippen molar-refractivity contribution in [2.24, 2.45) is 5.92 Å². The second kappa shape index (κ2) is 6.92. The van der Waals surface area contributed by atoms with Crippen molar-refractivity contribution in [3.63, 3.8) is 0 Å². The number of pyridine rings is 1. The van der Waals surface area contributed by atoms with Gasteiger partial charge < -0.3 is 9.80 Å². The van der Waals surface area contributed by atoms with Crippen LogP contribution in [0.1, 0.15) is 30.0 Å². The maximum atomic E-state index is 13.0. The molecule has 0 aromatic carbocycles. The van der Waals surface area contributed by atoms with Gasteiger partial charge in [0.25, 0.3) is 0 Å². The summed E-state index contributed by atoms with van der Waals surface area (Å²) < 4.78 is 0. The van der Waals surface area contributed by atoms with E-state index in [1.54, 1.807) is 28.6 Å². The third-order valence-electron chi connectivity index (χ3n) is 4.70. The van der Waals surface area contributed by atoms with E-state index < -0.39 is 0 Å². The molecule has 0 radical (unpaired) electrons. The van der Waals surface area contributed by atoms with Crippen LogP contribution < -0.4 is 0 Å². The molecule has 2 aromatic heterocycles. The zero-order valence-electron chi connectivity index (χ0n) is 13.9. The molecule has 1 aliphatic carbocycles. The molecule has 2 amide bonds. The maximum Gasteiger partial charge on any atom is 0.228 e. The highest BCUT2D eigenvalue weighted by Crippen LogP contribution is 2.32. The Morgan fingerprint density at radius 1 is 1.28 bits per heavy atom. The summed E-state index contributed by atoms with van der Waals surface area (Å²) >= 11 is 1.57. The highest BCUT2D eigenvalue weighted by Gasteiger charge is 2.41. The number of carbonyl (C=O) groups is 2. The average Bonchev–Trinajstić information content (AvgIpc) is 3.21. The van der Waals surface area contributed by atoms with E-state index in [0.29, 0.717) is 32.1 Å². The van der Waals surface area contributed by atoms with Crippen molar-refractivity contribution >= 4 is 23.2 Å². The fourth-order valence-corrected chi connectivity index (χ4v) is 3.88. The summed E-state index contributed by atoms with van der Waals surface area (Å²) in [5.41, 5.74) is 0.853. The van der Waals surface area contributed by atoms with Crippen LogP contribution in [0.3, 0.4) is 0 Å². The highest BCUT2D eigenvalue weighted by molar-refractivity contribution is 7.09. The Hall–Kier alpha value is -2.28. The van der Waals surface area contributed by atoms with E-state index >= 15 is 0 Å². The van der Waals surface area contributed by atoms with Crippen molar-refractivity contribution in [2.45, 2.75) is 38.4 Å². The average molecular weight is 356 g/mol.